The third kappa shape index (κ3) is 2.59. The van der Waals surface area contributed by atoms with Crippen molar-refractivity contribution in [3.8, 4) is 11.5 Å². The third-order valence-electron chi connectivity index (χ3n) is 2.48. The molecule has 0 aliphatic carbocycles. The van der Waals surface area contributed by atoms with Crippen LogP contribution in [-0.4, -0.2) is 15.2 Å². The normalized spacial score (nSPS) is 12.7. The van der Waals surface area contributed by atoms with Crippen molar-refractivity contribution in [2.24, 2.45) is 0 Å². The molecular formula is C12H12BrFN2O2. The standard InChI is InChI=1S/C12H12BrFN2O2/c1-2-4-9(17)11-15-12(18-16-11)7-5-3-6-8(13)10(7)14/h3,5-6,9,17H,2,4H2,1H3. The summed E-state index contributed by atoms with van der Waals surface area (Å²) in [7, 11) is 0. The lowest BCUT2D eigenvalue weighted by atomic mass is 10.2. The molecule has 2 rings (SSSR count). The number of aliphatic hydroxyl groups excluding tert-OH is 1. The molecule has 1 aromatic heterocycles. The number of aromatic nitrogens is 2. The Labute approximate surface area is 112 Å². The fraction of sp³-hybridized carbons (Fsp3) is 0.333. The van der Waals surface area contributed by atoms with Gasteiger partial charge in [-0.15, -0.1) is 0 Å². The zero-order chi connectivity index (χ0) is 13.1. The topological polar surface area (TPSA) is 59.2 Å². The molecule has 6 heteroatoms. The number of hydrogen-bond donors (Lipinski definition) is 1. The summed E-state index contributed by atoms with van der Waals surface area (Å²) in [6.45, 7) is 1.94. The first-order valence-corrected chi connectivity index (χ1v) is 6.38. The summed E-state index contributed by atoms with van der Waals surface area (Å²) in [6, 6.07) is 4.81. The van der Waals surface area contributed by atoms with Crippen molar-refractivity contribution in [1.29, 1.82) is 0 Å². The van der Waals surface area contributed by atoms with E-state index in [1.54, 1.807) is 18.2 Å². The number of nitrogens with zero attached hydrogens (tertiary/aromatic N) is 2. The molecule has 0 saturated carbocycles. The Morgan fingerprint density at radius 1 is 1.50 bits per heavy atom. The van der Waals surface area contributed by atoms with Crippen molar-refractivity contribution < 1.29 is 14.0 Å². The van der Waals surface area contributed by atoms with E-state index in [-0.39, 0.29) is 17.3 Å². The van der Waals surface area contributed by atoms with E-state index in [0.717, 1.165) is 6.42 Å². The van der Waals surface area contributed by atoms with Gasteiger partial charge in [-0.05, 0) is 34.5 Å². The van der Waals surface area contributed by atoms with E-state index in [9.17, 15) is 9.50 Å². The zero-order valence-electron chi connectivity index (χ0n) is 9.73. The molecule has 0 aliphatic rings. The second-order valence-corrected chi connectivity index (χ2v) is 4.72. The maximum Gasteiger partial charge on any atom is 0.261 e. The summed E-state index contributed by atoms with van der Waals surface area (Å²) in [5.74, 6) is -0.206. The maximum absolute atomic E-state index is 13.8. The number of rotatable bonds is 4. The van der Waals surface area contributed by atoms with Crippen molar-refractivity contribution >= 4 is 15.9 Å². The average Bonchev–Trinajstić information content (AvgIpc) is 2.82. The van der Waals surface area contributed by atoms with Crippen LogP contribution in [0.1, 0.15) is 31.7 Å². The van der Waals surface area contributed by atoms with Gasteiger partial charge in [-0.1, -0.05) is 24.6 Å². The molecule has 0 radical (unpaired) electrons. The Bertz CT molecular complexity index is 545. The van der Waals surface area contributed by atoms with E-state index < -0.39 is 11.9 Å². The monoisotopic (exact) mass is 314 g/mol. The first-order valence-electron chi connectivity index (χ1n) is 5.59. The van der Waals surface area contributed by atoms with Crippen LogP contribution in [0, 0.1) is 5.82 Å². The molecule has 1 heterocycles. The number of hydrogen-bond acceptors (Lipinski definition) is 4. The lowest BCUT2D eigenvalue weighted by Crippen LogP contribution is -1.99. The minimum atomic E-state index is -0.775. The van der Waals surface area contributed by atoms with E-state index in [1.165, 1.54) is 0 Å². The molecule has 4 nitrogen and oxygen atoms in total. The Balaban J connectivity index is 2.32. The van der Waals surface area contributed by atoms with Gasteiger partial charge in [0.15, 0.2) is 0 Å². The number of aliphatic hydroxyl groups is 1. The summed E-state index contributed by atoms with van der Waals surface area (Å²) in [5.41, 5.74) is 0.215. The minimum Gasteiger partial charge on any atom is -0.385 e. The van der Waals surface area contributed by atoms with Gasteiger partial charge in [-0.3, -0.25) is 0 Å². The quantitative estimate of drug-likeness (QED) is 0.938. The van der Waals surface area contributed by atoms with Crippen LogP contribution >= 0.6 is 15.9 Å². The van der Waals surface area contributed by atoms with Crippen LogP contribution in [0.15, 0.2) is 27.2 Å². The fourth-order valence-corrected chi connectivity index (χ4v) is 1.92. The second-order valence-electron chi connectivity index (χ2n) is 3.86. The van der Waals surface area contributed by atoms with Crippen LogP contribution in [0.3, 0.4) is 0 Å². The lowest BCUT2D eigenvalue weighted by Gasteiger charge is -2.01. The Kier molecular flexibility index (Phi) is 4.08. The van der Waals surface area contributed by atoms with Crippen molar-refractivity contribution in [2.45, 2.75) is 25.9 Å². The van der Waals surface area contributed by atoms with E-state index in [0.29, 0.717) is 10.9 Å². The van der Waals surface area contributed by atoms with Crippen molar-refractivity contribution in [3.63, 3.8) is 0 Å². The van der Waals surface area contributed by atoms with Crippen LogP contribution in [0.25, 0.3) is 11.5 Å². The van der Waals surface area contributed by atoms with Gasteiger partial charge in [0, 0.05) is 0 Å². The highest BCUT2D eigenvalue weighted by molar-refractivity contribution is 9.10. The Hall–Kier alpha value is -1.27. The van der Waals surface area contributed by atoms with Crippen molar-refractivity contribution in [1.82, 2.24) is 10.1 Å². The summed E-state index contributed by atoms with van der Waals surface area (Å²) < 4.78 is 19.1. The van der Waals surface area contributed by atoms with Gasteiger partial charge in [0.25, 0.3) is 5.89 Å². The molecule has 0 saturated heterocycles. The highest BCUT2D eigenvalue weighted by atomic mass is 79.9. The highest BCUT2D eigenvalue weighted by Crippen LogP contribution is 2.27. The first-order chi connectivity index (χ1) is 8.63. The molecule has 0 spiro atoms. The summed E-state index contributed by atoms with van der Waals surface area (Å²) in [6.07, 6.45) is 0.568. The largest absolute Gasteiger partial charge is 0.385 e. The van der Waals surface area contributed by atoms with E-state index in [2.05, 4.69) is 26.1 Å². The van der Waals surface area contributed by atoms with E-state index >= 15 is 0 Å². The molecule has 0 amide bonds. The highest BCUT2D eigenvalue weighted by Gasteiger charge is 2.18. The summed E-state index contributed by atoms with van der Waals surface area (Å²) >= 11 is 3.09. The second kappa shape index (κ2) is 5.58. The average molecular weight is 315 g/mol. The molecule has 1 unspecified atom stereocenters. The Morgan fingerprint density at radius 3 is 3.00 bits per heavy atom. The van der Waals surface area contributed by atoms with Crippen LogP contribution in [0.2, 0.25) is 0 Å². The van der Waals surface area contributed by atoms with Gasteiger partial charge in [0.05, 0.1) is 10.0 Å². The van der Waals surface area contributed by atoms with E-state index in [4.69, 9.17) is 4.52 Å². The molecule has 1 N–H and O–H groups in total. The van der Waals surface area contributed by atoms with Gasteiger partial charge >= 0.3 is 0 Å². The van der Waals surface area contributed by atoms with Crippen molar-refractivity contribution in [2.75, 3.05) is 0 Å². The van der Waals surface area contributed by atoms with E-state index in [1.807, 2.05) is 6.92 Å². The maximum atomic E-state index is 13.8. The van der Waals surface area contributed by atoms with Crippen LogP contribution in [-0.2, 0) is 0 Å². The molecule has 96 valence electrons. The summed E-state index contributed by atoms with van der Waals surface area (Å²) in [4.78, 5) is 4.01. The minimum absolute atomic E-state index is 0.0685. The third-order valence-corrected chi connectivity index (χ3v) is 3.10. The first kappa shape index (κ1) is 13.2. The fourth-order valence-electron chi connectivity index (χ4n) is 1.55. The Morgan fingerprint density at radius 2 is 2.28 bits per heavy atom. The molecular weight excluding hydrogens is 303 g/mol. The van der Waals surface area contributed by atoms with Gasteiger partial charge in [-0.2, -0.15) is 4.98 Å². The molecule has 0 aliphatic heterocycles. The molecule has 0 bridgehead atoms. The van der Waals surface area contributed by atoms with Crippen LogP contribution in [0.4, 0.5) is 4.39 Å². The van der Waals surface area contributed by atoms with Gasteiger partial charge in [0.1, 0.15) is 11.9 Å². The zero-order valence-corrected chi connectivity index (χ0v) is 11.3. The van der Waals surface area contributed by atoms with Gasteiger partial charge in [0.2, 0.25) is 5.82 Å². The van der Waals surface area contributed by atoms with Gasteiger partial charge in [-0.25, -0.2) is 4.39 Å². The smallest absolute Gasteiger partial charge is 0.261 e. The predicted octanol–water partition coefficient (Wildman–Crippen LogP) is 3.47. The van der Waals surface area contributed by atoms with Crippen molar-refractivity contribution in [3.05, 3.63) is 34.3 Å². The van der Waals surface area contributed by atoms with Crippen LogP contribution < -0.4 is 0 Å². The molecule has 0 fully saturated rings. The van der Waals surface area contributed by atoms with Gasteiger partial charge < -0.3 is 9.63 Å². The SMILES string of the molecule is CCCC(O)c1noc(-c2cccc(Br)c2F)n1. The summed E-state index contributed by atoms with van der Waals surface area (Å²) in [5, 5.41) is 13.4. The number of halogens is 2. The number of benzene rings is 1. The molecule has 2 aromatic rings. The molecule has 18 heavy (non-hydrogen) atoms. The predicted molar refractivity (Wildman–Crippen MR) is 67.3 cm³/mol. The molecule has 1 atom stereocenters. The van der Waals surface area contributed by atoms with Crippen LogP contribution in [0.5, 0.6) is 0 Å². The molecule has 1 aromatic carbocycles. The lowest BCUT2D eigenvalue weighted by molar-refractivity contribution is 0.153.